The van der Waals surface area contributed by atoms with Crippen molar-refractivity contribution in [3.63, 3.8) is 0 Å². The van der Waals surface area contributed by atoms with E-state index in [0.29, 0.717) is 6.04 Å². The SMILES string of the molecule is Cc1cc2c(n1C(C)CCN(C)C)CCCC2N. The van der Waals surface area contributed by atoms with Gasteiger partial charge in [-0.3, -0.25) is 0 Å². The van der Waals surface area contributed by atoms with Crippen LogP contribution in [0, 0.1) is 6.92 Å². The Morgan fingerprint density at radius 3 is 2.89 bits per heavy atom. The van der Waals surface area contributed by atoms with E-state index in [-0.39, 0.29) is 6.04 Å². The van der Waals surface area contributed by atoms with Gasteiger partial charge in [-0.25, -0.2) is 0 Å². The van der Waals surface area contributed by atoms with Gasteiger partial charge in [-0.05, 0) is 71.8 Å². The molecule has 0 aromatic carbocycles. The molecule has 2 unspecified atom stereocenters. The molecule has 102 valence electrons. The van der Waals surface area contributed by atoms with Crippen LogP contribution in [0.3, 0.4) is 0 Å². The lowest BCUT2D eigenvalue weighted by molar-refractivity contribution is 0.351. The summed E-state index contributed by atoms with van der Waals surface area (Å²) in [6, 6.07) is 3.14. The van der Waals surface area contributed by atoms with Gasteiger partial charge in [-0.2, -0.15) is 0 Å². The number of hydrogen-bond acceptors (Lipinski definition) is 2. The summed E-state index contributed by atoms with van der Waals surface area (Å²) in [4.78, 5) is 2.26. The highest BCUT2D eigenvalue weighted by Gasteiger charge is 2.23. The maximum absolute atomic E-state index is 6.23. The zero-order chi connectivity index (χ0) is 13.3. The van der Waals surface area contributed by atoms with Gasteiger partial charge >= 0.3 is 0 Å². The van der Waals surface area contributed by atoms with Crippen LogP contribution in [0.1, 0.15) is 55.2 Å². The molecule has 0 radical (unpaired) electrons. The third-order valence-corrected chi connectivity index (χ3v) is 4.13. The third kappa shape index (κ3) is 2.62. The van der Waals surface area contributed by atoms with Crippen molar-refractivity contribution in [2.24, 2.45) is 5.73 Å². The second-order valence-corrected chi connectivity index (χ2v) is 6.00. The molecule has 18 heavy (non-hydrogen) atoms. The zero-order valence-corrected chi connectivity index (χ0v) is 12.2. The maximum atomic E-state index is 6.23. The molecule has 3 nitrogen and oxygen atoms in total. The quantitative estimate of drug-likeness (QED) is 0.890. The summed E-state index contributed by atoms with van der Waals surface area (Å²) in [6.07, 6.45) is 4.77. The Hall–Kier alpha value is -0.800. The second-order valence-electron chi connectivity index (χ2n) is 6.00. The van der Waals surface area contributed by atoms with Crippen LogP contribution in [-0.2, 0) is 6.42 Å². The molecule has 1 aliphatic rings. The van der Waals surface area contributed by atoms with Gasteiger partial charge in [-0.1, -0.05) is 0 Å². The molecule has 2 N–H and O–H groups in total. The van der Waals surface area contributed by atoms with Crippen molar-refractivity contribution in [2.75, 3.05) is 20.6 Å². The van der Waals surface area contributed by atoms with E-state index >= 15 is 0 Å². The Labute approximate surface area is 111 Å². The van der Waals surface area contributed by atoms with E-state index in [1.165, 1.54) is 36.2 Å². The third-order valence-electron chi connectivity index (χ3n) is 4.13. The first-order valence-electron chi connectivity index (χ1n) is 7.11. The molecule has 1 aromatic heterocycles. The summed E-state index contributed by atoms with van der Waals surface area (Å²) in [5.74, 6) is 0. The Morgan fingerprint density at radius 2 is 2.22 bits per heavy atom. The number of hydrogen-bond donors (Lipinski definition) is 1. The summed E-state index contributed by atoms with van der Waals surface area (Å²) >= 11 is 0. The Balaban J connectivity index is 2.22. The lowest BCUT2D eigenvalue weighted by atomic mass is 9.93. The van der Waals surface area contributed by atoms with Crippen molar-refractivity contribution in [3.05, 3.63) is 23.0 Å². The largest absolute Gasteiger partial charge is 0.346 e. The van der Waals surface area contributed by atoms with Crippen molar-refractivity contribution in [1.82, 2.24) is 9.47 Å². The maximum Gasteiger partial charge on any atom is 0.0319 e. The normalized spacial score (nSPS) is 21.1. The van der Waals surface area contributed by atoms with Crippen molar-refractivity contribution >= 4 is 0 Å². The molecule has 0 fully saturated rings. The first-order valence-corrected chi connectivity index (χ1v) is 7.11. The predicted molar refractivity (Wildman–Crippen MR) is 76.9 cm³/mol. The molecule has 1 heterocycles. The van der Waals surface area contributed by atoms with Gasteiger partial charge in [0.05, 0.1) is 0 Å². The lowest BCUT2D eigenvalue weighted by Crippen LogP contribution is -2.22. The fraction of sp³-hybridized carbons (Fsp3) is 0.733. The molecule has 0 saturated carbocycles. The number of rotatable bonds is 4. The molecule has 1 aromatic rings. The predicted octanol–water partition coefficient (Wildman–Crippen LogP) is 2.65. The fourth-order valence-corrected chi connectivity index (χ4v) is 3.15. The second kappa shape index (κ2) is 5.45. The Morgan fingerprint density at radius 1 is 1.50 bits per heavy atom. The average molecular weight is 249 g/mol. The minimum Gasteiger partial charge on any atom is -0.346 e. The van der Waals surface area contributed by atoms with Crippen LogP contribution in [0.4, 0.5) is 0 Å². The van der Waals surface area contributed by atoms with Crippen molar-refractivity contribution < 1.29 is 0 Å². The molecule has 1 aliphatic carbocycles. The van der Waals surface area contributed by atoms with E-state index in [0.717, 1.165) is 13.0 Å². The van der Waals surface area contributed by atoms with Crippen molar-refractivity contribution in [3.8, 4) is 0 Å². The van der Waals surface area contributed by atoms with Gasteiger partial charge in [0, 0.05) is 23.5 Å². The van der Waals surface area contributed by atoms with E-state index in [1.54, 1.807) is 0 Å². The first-order chi connectivity index (χ1) is 8.50. The smallest absolute Gasteiger partial charge is 0.0319 e. The van der Waals surface area contributed by atoms with Gasteiger partial charge in [0.15, 0.2) is 0 Å². The number of nitrogens with zero attached hydrogens (tertiary/aromatic N) is 2. The van der Waals surface area contributed by atoms with E-state index in [9.17, 15) is 0 Å². The summed E-state index contributed by atoms with van der Waals surface area (Å²) in [5.41, 5.74) is 10.5. The number of aromatic nitrogens is 1. The van der Waals surface area contributed by atoms with Crippen LogP contribution in [0.25, 0.3) is 0 Å². The molecular formula is C15H27N3. The Kier molecular flexibility index (Phi) is 4.13. The monoisotopic (exact) mass is 249 g/mol. The van der Waals surface area contributed by atoms with Crippen molar-refractivity contribution in [2.45, 2.75) is 51.6 Å². The van der Waals surface area contributed by atoms with E-state index in [1.807, 2.05) is 0 Å². The highest BCUT2D eigenvalue weighted by molar-refractivity contribution is 5.33. The topological polar surface area (TPSA) is 34.2 Å². The number of fused-ring (bicyclic) bond motifs is 1. The van der Waals surface area contributed by atoms with Crippen LogP contribution in [0.2, 0.25) is 0 Å². The van der Waals surface area contributed by atoms with E-state index in [4.69, 9.17) is 5.73 Å². The first kappa shape index (κ1) is 13.6. The molecule has 2 atom stereocenters. The number of aryl methyl sites for hydroxylation is 1. The zero-order valence-electron chi connectivity index (χ0n) is 12.2. The highest BCUT2D eigenvalue weighted by Crippen LogP contribution is 2.33. The van der Waals surface area contributed by atoms with Gasteiger partial charge in [0.25, 0.3) is 0 Å². The van der Waals surface area contributed by atoms with Gasteiger partial charge in [0.2, 0.25) is 0 Å². The molecule has 3 heteroatoms. The standard InChI is InChI=1S/C15H27N3/c1-11(8-9-17(3)4)18-12(2)10-13-14(16)6-5-7-15(13)18/h10-11,14H,5-9,16H2,1-4H3. The molecular weight excluding hydrogens is 222 g/mol. The summed E-state index contributed by atoms with van der Waals surface area (Å²) < 4.78 is 2.53. The van der Waals surface area contributed by atoms with Gasteiger partial charge in [-0.15, -0.1) is 0 Å². The van der Waals surface area contributed by atoms with Gasteiger partial charge < -0.3 is 15.2 Å². The summed E-state index contributed by atoms with van der Waals surface area (Å²) in [5, 5.41) is 0. The molecule has 0 spiro atoms. The highest BCUT2D eigenvalue weighted by atomic mass is 15.1. The fourth-order valence-electron chi connectivity index (χ4n) is 3.15. The molecule has 0 amide bonds. The van der Waals surface area contributed by atoms with Crippen molar-refractivity contribution in [1.29, 1.82) is 0 Å². The van der Waals surface area contributed by atoms with E-state index < -0.39 is 0 Å². The van der Waals surface area contributed by atoms with Crippen LogP contribution < -0.4 is 5.73 Å². The molecule has 0 aliphatic heterocycles. The minimum absolute atomic E-state index is 0.259. The van der Waals surface area contributed by atoms with Crippen LogP contribution in [0.15, 0.2) is 6.07 Å². The minimum atomic E-state index is 0.259. The molecule has 2 rings (SSSR count). The summed E-state index contributed by atoms with van der Waals surface area (Å²) in [6.45, 7) is 5.69. The average Bonchev–Trinajstić information content (AvgIpc) is 2.64. The van der Waals surface area contributed by atoms with Crippen LogP contribution in [-0.4, -0.2) is 30.1 Å². The molecule has 0 bridgehead atoms. The Bertz CT molecular complexity index is 406. The van der Waals surface area contributed by atoms with Crippen LogP contribution in [0.5, 0.6) is 0 Å². The molecule has 0 saturated heterocycles. The summed E-state index contributed by atoms with van der Waals surface area (Å²) in [7, 11) is 4.28. The van der Waals surface area contributed by atoms with Crippen LogP contribution >= 0.6 is 0 Å². The van der Waals surface area contributed by atoms with E-state index in [2.05, 4.69) is 43.5 Å². The van der Waals surface area contributed by atoms with Gasteiger partial charge in [0.1, 0.15) is 0 Å². The number of nitrogens with two attached hydrogens (primary N) is 1. The lowest BCUT2D eigenvalue weighted by Gasteiger charge is -2.25.